The third-order valence-electron chi connectivity index (χ3n) is 1.77. The average molecular weight is 144 g/mol. The van der Waals surface area contributed by atoms with Crippen LogP contribution in [0.15, 0.2) is 0 Å². The summed E-state index contributed by atoms with van der Waals surface area (Å²) in [5, 5.41) is 0. The SMILES string of the molecule is C.CCC1CC1.CCCC. The molecule has 0 heteroatoms. The van der Waals surface area contributed by atoms with Gasteiger partial charge in [0.05, 0.1) is 0 Å². The summed E-state index contributed by atoms with van der Waals surface area (Å²) in [7, 11) is 0. The van der Waals surface area contributed by atoms with Crippen molar-refractivity contribution < 1.29 is 0 Å². The van der Waals surface area contributed by atoms with Crippen LogP contribution in [0, 0.1) is 5.92 Å². The van der Waals surface area contributed by atoms with E-state index in [0.29, 0.717) is 0 Å². The van der Waals surface area contributed by atoms with E-state index in [0.717, 1.165) is 5.92 Å². The second-order valence-electron chi connectivity index (χ2n) is 2.85. The van der Waals surface area contributed by atoms with Crippen LogP contribution in [0.3, 0.4) is 0 Å². The van der Waals surface area contributed by atoms with Crippen molar-refractivity contribution >= 4 is 0 Å². The molecule has 0 aliphatic heterocycles. The first-order valence-electron chi connectivity index (χ1n) is 4.35. The van der Waals surface area contributed by atoms with Crippen molar-refractivity contribution in [1.82, 2.24) is 0 Å². The van der Waals surface area contributed by atoms with Gasteiger partial charge in [-0.05, 0) is 5.92 Å². The van der Waals surface area contributed by atoms with Gasteiger partial charge < -0.3 is 0 Å². The fraction of sp³-hybridized carbons (Fsp3) is 1.00. The van der Waals surface area contributed by atoms with E-state index in [1.54, 1.807) is 0 Å². The molecule has 0 nitrogen and oxygen atoms in total. The molecule has 0 spiro atoms. The maximum atomic E-state index is 2.26. The lowest BCUT2D eigenvalue weighted by atomic mass is 10.3. The van der Waals surface area contributed by atoms with Gasteiger partial charge in [0.1, 0.15) is 0 Å². The third kappa shape index (κ3) is 10.9. The largest absolute Gasteiger partial charge is 0.0776 e. The van der Waals surface area contributed by atoms with Gasteiger partial charge in [-0.1, -0.05) is 60.3 Å². The minimum atomic E-state index is 0. The van der Waals surface area contributed by atoms with Crippen LogP contribution in [0.5, 0.6) is 0 Å². The first-order chi connectivity index (χ1) is 4.35. The second kappa shape index (κ2) is 9.00. The average Bonchev–Trinajstić information content (AvgIpc) is 2.70. The normalized spacial score (nSPS) is 14.7. The third-order valence-corrected chi connectivity index (χ3v) is 1.77. The zero-order chi connectivity index (χ0) is 7.11. The van der Waals surface area contributed by atoms with E-state index in [1.165, 1.54) is 32.1 Å². The zero-order valence-corrected chi connectivity index (χ0v) is 7.11. The minimum absolute atomic E-state index is 0. The minimum Gasteiger partial charge on any atom is -0.0776 e. The van der Waals surface area contributed by atoms with Crippen LogP contribution in [0.1, 0.15) is 60.3 Å². The van der Waals surface area contributed by atoms with Gasteiger partial charge in [-0.25, -0.2) is 0 Å². The molecular weight excluding hydrogens is 120 g/mol. The molecule has 10 heavy (non-hydrogen) atoms. The number of hydrogen-bond acceptors (Lipinski definition) is 0. The molecule has 0 saturated heterocycles. The lowest BCUT2D eigenvalue weighted by molar-refractivity contribution is 0.799. The molecule has 64 valence electrons. The Morgan fingerprint density at radius 2 is 1.40 bits per heavy atom. The number of hydrogen-bond donors (Lipinski definition) is 0. The molecule has 0 heterocycles. The van der Waals surface area contributed by atoms with E-state index < -0.39 is 0 Å². The van der Waals surface area contributed by atoms with Crippen LogP contribution in [-0.4, -0.2) is 0 Å². The molecule has 0 aromatic rings. The van der Waals surface area contributed by atoms with E-state index in [-0.39, 0.29) is 7.43 Å². The Hall–Kier alpha value is 0. The molecule has 0 unspecified atom stereocenters. The second-order valence-corrected chi connectivity index (χ2v) is 2.85. The molecule has 1 rings (SSSR count). The van der Waals surface area contributed by atoms with Crippen molar-refractivity contribution in [3.05, 3.63) is 0 Å². The highest BCUT2D eigenvalue weighted by molar-refractivity contribution is 4.69. The van der Waals surface area contributed by atoms with E-state index in [2.05, 4.69) is 20.8 Å². The fourth-order valence-corrected chi connectivity index (χ4v) is 0.526. The van der Waals surface area contributed by atoms with Crippen molar-refractivity contribution in [2.45, 2.75) is 60.3 Å². The Morgan fingerprint density at radius 3 is 1.40 bits per heavy atom. The van der Waals surface area contributed by atoms with Crippen molar-refractivity contribution in [1.29, 1.82) is 0 Å². The molecule has 1 fully saturated rings. The smallest absolute Gasteiger partial charge is 0.0417 e. The molecule has 0 radical (unpaired) electrons. The van der Waals surface area contributed by atoms with Gasteiger partial charge in [-0.15, -0.1) is 0 Å². The first kappa shape index (κ1) is 12.7. The summed E-state index contributed by atoms with van der Waals surface area (Å²) in [6, 6.07) is 0. The summed E-state index contributed by atoms with van der Waals surface area (Å²) in [6.07, 6.45) is 7.08. The van der Waals surface area contributed by atoms with E-state index in [1.807, 2.05) is 0 Å². The fourth-order valence-electron chi connectivity index (χ4n) is 0.526. The predicted octanol–water partition coefficient (Wildman–Crippen LogP) is 4.25. The van der Waals surface area contributed by atoms with E-state index in [4.69, 9.17) is 0 Å². The number of rotatable bonds is 2. The quantitative estimate of drug-likeness (QED) is 0.543. The Balaban J connectivity index is 0. The Morgan fingerprint density at radius 1 is 1.00 bits per heavy atom. The molecule has 0 atom stereocenters. The maximum absolute atomic E-state index is 2.26. The predicted molar refractivity (Wildman–Crippen MR) is 50.3 cm³/mol. The zero-order valence-electron chi connectivity index (χ0n) is 7.11. The highest BCUT2D eigenvalue weighted by Gasteiger charge is 2.17. The van der Waals surface area contributed by atoms with Crippen LogP contribution in [0.4, 0.5) is 0 Å². The summed E-state index contributed by atoms with van der Waals surface area (Å²) < 4.78 is 0. The topological polar surface area (TPSA) is 0 Å². The molecule has 0 aromatic heterocycles. The monoisotopic (exact) mass is 144 g/mol. The summed E-state index contributed by atoms with van der Waals surface area (Å²) in [4.78, 5) is 0. The Bertz CT molecular complexity index is 42.0. The lowest BCUT2D eigenvalue weighted by Crippen LogP contribution is -1.59. The molecule has 1 saturated carbocycles. The van der Waals surface area contributed by atoms with Crippen molar-refractivity contribution in [3.8, 4) is 0 Å². The molecular formula is C10H24. The van der Waals surface area contributed by atoms with Gasteiger partial charge in [0.25, 0.3) is 0 Å². The standard InChI is InChI=1S/C5H10.C4H10.CH4/c1-2-5-3-4-5;1-3-4-2;/h5H,2-4H2,1H3;3-4H2,1-2H3;1H4. The van der Waals surface area contributed by atoms with Crippen LogP contribution in [0.25, 0.3) is 0 Å². The van der Waals surface area contributed by atoms with Gasteiger partial charge in [0.15, 0.2) is 0 Å². The van der Waals surface area contributed by atoms with Gasteiger partial charge in [-0.3, -0.25) is 0 Å². The summed E-state index contributed by atoms with van der Waals surface area (Å²) >= 11 is 0. The molecule has 0 bridgehead atoms. The molecule has 1 aliphatic rings. The van der Waals surface area contributed by atoms with Gasteiger partial charge in [-0.2, -0.15) is 0 Å². The highest BCUT2D eigenvalue weighted by Crippen LogP contribution is 2.31. The Labute approximate surface area is 67.0 Å². The van der Waals surface area contributed by atoms with Crippen molar-refractivity contribution in [3.63, 3.8) is 0 Å². The van der Waals surface area contributed by atoms with Gasteiger partial charge in [0.2, 0.25) is 0 Å². The van der Waals surface area contributed by atoms with Crippen LogP contribution in [-0.2, 0) is 0 Å². The molecule has 0 N–H and O–H groups in total. The van der Waals surface area contributed by atoms with E-state index >= 15 is 0 Å². The first-order valence-corrected chi connectivity index (χ1v) is 4.35. The van der Waals surface area contributed by atoms with Crippen LogP contribution in [0.2, 0.25) is 0 Å². The number of unbranched alkanes of at least 4 members (excludes halogenated alkanes) is 1. The summed E-state index contributed by atoms with van der Waals surface area (Å²) in [5.74, 6) is 1.13. The van der Waals surface area contributed by atoms with Gasteiger partial charge >= 0.3 is 0 Å². The maximum Gasteiger partial charge on any atom is -0.0417 e. The van der Waals surface area contributed by atoms with Crippen LogP contribution < -0.4 is 0 Å². The Kier molecular flexibility index (Phi) is 11.4. The molecule has 0 aromatic carbocycles. The summed E-state index contributed by atoms with van der Waals surface area (Å²) in [6.45, 7) is 6.62. The van der Waals surface area contributed by atoms with Gasteiger partial charge in [0, 0.05) is 0 Å². The van der Waals surface area contributed by atoms with Crippen molar-refractivity contribution in [2.24, 2.45) is 5.92 Å². The van der Waals surface area contributed by atoms with Crippen LogP contribution >= 0.6 is 0 Å². The van der Waals surface area contributed by atoms with E-state index in [9.17, 15) is 0 Å². The highest BCUT2D eigenvalue weighted by atomic mass is 14.2. The molecule has 0 amide bonds. The van der Waals surface area contributed by atoms with Crippen molar-refractivity contribution in [2.75, 3.05) is 0 Å². The molecule has 1 aliphatic carbocycles. The lowest BCUT2D eigenvalue weighted by Gasteiger charge is -1.72. The summed E-state index contributed by atoms with van der Waals surface area (Å²) in [5.41, 5.74) is 0.